The highest BCUT2D eigenvalue weighted by atomic mass is 19.1. The predicted octanol–water partition coefficient (Wildman–Crippen LogP) is 3.03. The third kappa shape index (κ3) is 4.80. The fourth-order valence-electron chi connectivity index (χ4n) is 4.20. The van der Waals surface area contributed by atoms with Crippen LogP contribution in [0.2, 0.25) is 0 Å². The van der Waals surface area contributed by atoms with Gasteiger partial charge in [-0.1, -0.05) is 24.8 Å². The third-order valence-electron chi connectivity index (χ3n) is 6.01. The van der Waals surface area contributed by atoms with E-state index in [1.807, 2.05) is 0 Å². The number of rotatable bonds is 7. The number of hydrogen-bond acceptors (Lipinski definition) is 5. The van der Waals surface area contributed by atoms with Gasteiger partial charge < -0.3 is 15.3 Å². The van der Waals surface area contributed by atoms with Crippen LogP contribution in [0, 0.1) is 17.5 Å². The molecule has 11 heteroatoms. The van der Waals surface area contributed by atoms with Crippen molar-refractivity contribution in [3.8, 4) is 5.75 Å². The van der Waals surface area contributed by atoms with Crippen molar-refractivity contribution in [1.29, 1.82) is 0 Å². The van der Waals surface area contributed by atoms with Crippen LogP contribution < -0.4 is 15.8 Å². The smallest absolute Gasteiger partial charge is 0.278 e. The molecule has 0 radical (unpaired) electrons. The molecular formula is C26H23F3N4O4. The van der Waals surface area contributed by atoms with Crippen LogP contribution in [0.5, 0.6) is 5.75 Å². The van der Waals surface area contributed by atoms with Gasteiger partial charge in [0.15, 0.2) is 11.4 Å². The van der Waals surface area contributed by atoms with Gasteiger partial charge >= 0.3 is 0 Å². The Hall–Kier alpha value is -4.54. The molecular weight excluding hydrogens is 489 g/mol. The Morgan fingerprint density at radius 1 is 1.14 bits per heavy atom. The van der Waals surface area contributed by atoms with E-state index >= 15 is 0 Å². The summed E-state index contributed by atoms with van der Waals surface area (Å²) in [5.41, 5.74) is -1.50. The molecule has 2 amide bonds. The summed E-state index contributed by atoms with van der Waals surface area (Å²) in [5.74, 6) is -4.72. The first-order valence-electron chi connectivity index (χ1n) is 11.3. The number of carbonyl (C=O) groups is 2. The van der Waals surface area contributed by atoms with Crippen LogP contribution in [0.3, 0.4) is 0 Å². The minimum atomic E-state index is -1.10. The number of fused-ring (bicyclic) bond motifs is 1. The van der Waals surface area contributed by atoms with E-state index in [-0.39, 0.29) is 30.9 Å². The molecule has 4 rings (SSSR count). The molecule has 0 bridgehead atoms. The van der Waals surface area contributed by atoms with Gasteiger partial charge in [-0.2, -0.15) is 0 Å². The molecule has 0 aliphatic carbocycles. The molecule has 8 nitrogen and oxygen atoms in total. The maximum absolute atomic E-state index is 14.0. The number of hydrogen-bond donors (Lipinski definition) is 2. The van der Waals surface area contributed by atoms with Crippen LogP contribution >= 0.6 is 0 Å². The summed E-state index contributed by atoms with van der Waals surface area (Å²) in [5, 5.41) is 14.6. The Morgan fingerprint density at radius 3 is 2.51 bits per heavy atom. The maximum Gasteiger partial charge on any atom is 0.278 e. The summed E-state index contributed by atoms with van der Waals surface area (Å²) >= 11 is 0. The fraction of sp³-hybridized carbons (Fsp3) is 0.192. The molecule has 0 saturated heterocycles. The molecule has 192 valence electrons. The lowest BCUT2D eigenvalue weighted by atomic mass is 10.1. The van der Waals surface area contributed by atoms with E-state index in [2.05, 4.69) is 11.9 Å². The summed E-state index contributed by atoms with van der Waals surface area (Å²) in [6, 6.07) is 8.56. The highest BCUT2D eigenvalue weighted by molar-refractivity contribution is 5.99. The Kier molecular flexibility index (Phi) is 7.05. The number of amides is 2. The normalized spacial score (nSPS) is 14.9. The van der Waals surface area contributed by atoms with Crippen LogP contribution in [0.4, 0.5) is 13.2 Å². The molecule has 2 heterocycles. The Labute approximate surface area is 209 Å². The van der Waals surface area contributed by atoms with Crippen LogP contribution in [0.1, 0.15) is 38.9 Å². The molecule has 1 aliphatic heterocycles. The number of aromatic hydroxyl groups is 1. The van der Waals surface area contributed by atoms with Crippen molar-refractivity contribution in [2.45, 2.75) is 26.2 Å². The van der Waals surface area contributed by atoms with Crippen LogP contribution in [-0.2, 0) is 13.1 Å². The van der Waals surface area contributed by atoms with Gasteiger partial charge in [-0.15, -0.1) is 0 Å². The molecule has 0 fully saturated rings. The minimum absolute atomic E-state index is 0.0229. The highest BCUT2D eigenvalue weighted by Crippen LogP contribution is 2.26. The lowest BCUT2D eigenvalue weighted by molar-refractivity contribution is 0.0628. The number of aromatic nitrogens is 1. The number of nitrogens with one attached hydrogen (secondary N) is 1. The average Bonchev–Trinajstić information content (AvgIpc) is 2.86. The van der Waals surface area contributed by atoms with E-state index in [0.717, 1.165) is 18.3 Å². The molecule has 37 heavy (non-hydrogen) atoms. The zero-order valence-corrected chi connectivity index (χ0v) is 19.7. The molecule has 0 unspecified atom stereocenters. The van der Waals surface area contributed by atoms with Crippen LogP contribution in [-0.4, -0.2) is 39.2 Å². The SMILES string of the molecule is C=C[C@H]1N(CC)C(=O)c2c(O)c(=O)c(C(=O)NCc3ccc(F)cc3F)cn2N1Cc1cccc(F)c1. The van der Waals surface area contributed by atoms with Crippen LogP contribution in [0.25, 0.3) is 0 Å². The second-order valence-corrected chi connectivity index (χ2v) is 8.30. The van der Waals surface area contributed by atoms with E-state index < -0.39 is 52.2 Å². The quantitative estimate of drug-likeness (QED) is 0.475. The highest BCUT2D eigenvalue weighted by Gasteiger charge is 2.38. The van der Waals surface area contributed by atoms with E-state index in [1.54, 1.807) is 13.0 Å². The van der Waals surface area contributed by atoms with Gasteiger partial charge in [-0.3, -0.25) is 24.1 Å². The minimum Gasteiger partial charge on any atom is -0.502 e. The zero-order valence-electron chi connectivity index (χ0n) is 19.7. The molecule has 1 aliphatic rings. The first-order valence-corrected chi connectivity index (χ1v) is 11.3. The van der Waals surface area contributed by atoms with E-state index in [0.29, 0.717) is 11.6 Å². The van der Waals surface area contributed by atoms with Crippen molar-refractivity contribution in [2.75, 3.05) is 11.6 Å². The predicted molar refractivity (Wildman–Crippen MR) is 129 cm³/mol. The standard InChI is InChI=1S/C26H23F3N4O4/c1-3-21-31(4-2)26(37)22-24(35)23(34)19(25(36)30-12-16-8-9-18(28)11-20(16)29)14-33(22)32(21)13-15-6-5-7-17(27)10-15/h3,5-11,14,21,35H,1,4,12-13H2,2H3,(H,30,36)/t21-/m0/s1. The number of halogens is 3. The molecule has 2 N–H and O–H groups in total. The van der Waals surface area contributed by atoms with Crippen LogP contribution in [0.15, 0.2) is 66.1 Å². The van der Waals surface area contributed by atoms with Gasteiger partial charge in [-0.05, 0) is 36.8 Å². The van der Waals surface area contributed by atoms with Crippen molar-refractivity contribution in [1.82, 2.24) is 14.9 Å². The second-order valence-electron chi connectivity index (χ2n) is 8.30. The summed E-state index contributed by atoms with van der Waals surface area (Å²) in [6.45, 7) is 5.35. The number of nitrogens with zero attached hydrogens (tertiary/aromatic N) is 3. The molecule has 2 aromatic carbocycles. The van der Waals surface area contributed by atoms with Gasteiger partial charge in [0.1, 0.15) is 29.2 Å². The molecule has 1 aromatic heterocycles. The van der Waals surface area contributed by atoms with Crippen molar-refractivity contribution in [3.05, 3.63) is 111 Å². The van der Waals surface area contributed by atoms with Crippen molar-refractivity contribution in [2.24, 2.45) is 0 Å². The Bertz CT molecular complexity index is 1460. The number of likely N-dealkylation sites (N-methyl/N-ethyl adjacent to an activating group) is 1. The lowest BCUT2D eigenvalue weighted by Crippen LogP contribution is -2.60. The van der Waals surface area contributed by atoms with Crippen molar-refractivity contribution < 1.29 is 27.9 Å². The van der Waals surface area contributed by atoms with Gasteiger partial charge in [-0.25, -0.2) is 13.2 Å². The number of benzene rings is 2. The van der Waals surface area contributed by atoms with Gasteiger partial charge in [0, 0.05) is 30.9 Å². The largest absolute Gasteiger partial charge is 0.502 e. The monoisotopic (exact) mass is 512 g/mol. The summed E-state index contributed by atoms with van der Waals surface area (Å²) in [6.07, 6.45) is 1.80. The second kappa shape index (κ2) is 10.2. The zero-order chi connectivity index (χ0) is 26.9. The molecule has 3 aromatic rings. The Morgan fingerprint density at radius 2 is 1.86 bits per heavy atom. The Balaban J connectivity index is 1.77. The maximum atomic E-state index is 14.0. The van der Waals surface area contributed by atoms with Gasteiger partial charge in [0.25, 0.3) is 11.8 Å². The fourth-order valence-corrected chi connectivity index (χ4v) is 4.20. The summed E-state index contributed by atoms with van der Waals surface area (Å²) < 4.78 is 42.2. The third-order valence-corrected chi connectivity index (χ3v) is 6.01. The lowest BCUT2D eigenvalue weighted by Gasteiger charge is -2.45. The topological polar surface area (TPSA) is 94.9 Å². The van der Waals surface area contributed by atoms with E-state index in [9.17, 15) is 32.7 Å². The van der Waals surface area contributed by atoms with Crippen molar-refractivity contribution in [3.63, 3.8) is 0 Å². The van der Waals surface area contributed by atoms with Gasteiger partial charge in [0.05, 0.1) is 6.54 Å². The first-order chi connectivity index (χ1) is 17.7. The van der Waals surface area contributed by atoms with Gasteiger partial charge in [0.2, 0.25) is 5.43 Å². The first kappa shape index (κ1) is 25.5. The average molecular weight is 512 g/mol. The van der Waals surface area contributed by atoms with E-state index in [4.69, 9.17) is 0 Å². The summed E-state index contributed by atoms with van der Waals surface area (Å²) in [4.78, 5) is 40.4. The number of carbonyl (C=O) groups excluding carboxylic acids is 2. The molecule has 1 atom stereocenters. The van der Waals surface area contributed by atoms with E-state index in [1.165, 1.54) is 38.9 Å². The summed E-state index contributed by atoms with van der Waals surface area (Å²) in [7, 11) is 0. The molecule has 0 spiro atoms. The number of pyridine rings is 1. The molecule has 0 saturated carbocycles. The van der Waals surface area contributed by atoms with Crippen molar-refractivity contribution >= 4 is 11.8 Å².